The van der Waals surface area contributed by atoms with Gasteiger partial charge in [0.15, 0.2) is 5.82 Å². The predicted octanol–water partition coefficient (Wildman–Crippen LogP) is 2.34. The van der Waals surface area contributed by atoms with Gasteiger partial charge in [-0.15, -0.1) is 5.10 Å². The second kappa shape index (κ2) is 5.68. The smallest absolute Gasteiger partial charge is 0.247 e. The van der Waals surface area contributed by atoms with Crippen LogP contribution in [0.15, 0.2) is 48.7 Å². The van der Waals surface area contributed by atoms with E-state index in [0.29, 0.717) is 25.6 Å². The molecule has 6 nitrogen and oxygen atoms in total. The van der Waals surface area contributed by atoms with Crippen LogP contribution in [0.25, 0.3) is 16.5 Å². The Balaban J connectivity index is 1.58. The molecule has 1 saturated heterocycles. The first-order valence-corrected chi connectivity index (χ1v) is 8.52. The highest BCUT2D eigenvalue weighted by Crippen LogP contribution is 2.39. The minimum Gasteiger partial charge on any atom is -0.379 e. The van der Waals surface area contributed by atoms with E-state index < -0.39 is 0 Å². The van der Waals surface area contributed by atoms with E-state index in [0.717, 1.165) is 35.2 Å². The molecule has 3 heterocycles. The quantitative estimate of drug-likeness (QED) is 0.722. The van der Waals surface area contributed by atoms with Crippen LogP contribution in [0.1, 0.15) is 0 Å². The topological polar surface area (TPSA) is 50.6 Å². The van der Waals surface area contributed by atoms with Crippen LogP contribution in [0.5, 0.6) is 0 Å². The van der Waals surface area contributed by atoms with Crippen LogP contribution in [0, 0.1) is 0 Å². The summed E-state index contributed by atoms with van der Waals surface area (Å²) in [7, 11) is 0. The minimum absolute atomic E-state index is 0.0448. The molecule has 5 rings (SSSR count). The Morgan fingerprint density at radius 2 is 1.92 bits per heavy atom. The SMILES string of the molecule is O=C(CN1CCOCC1)N1c2ccn(n2)-c2c1ccc1ccccc21. The van der Waals surface area contributed by atoms with Gasteiger partial charge in [0.25, 0.3) is 0 Å². The Bertz CT molecular complexity index is 959. The van der Waals surface area contributed by atoms with Crippen LogP contribution >= 0.6 is 0 Å². The summed E-state index contributed by atoms with van der Waals surface area (Å²) in [6.07, 6.45) is 1.92. The molecule has 0 unspecified atom stereocenters. The van der Waals surface area contributed by atoms with Crippen LogP contribution in [0.2, 0.25) is 0 Å². The van der Waals surface area contributed by atoms with Crippen molar-refractivity contribution in [1.82, 2.24) is 14.7 Å². The van der Waals surface area contributed by atoms with Gasteiger partial charge in [-0.3, -0.25) is 14.6 Å². The zero-order chi connectivity index (χ0) is 16.8. The van der Waals surface area contributed by atoms with Crippen LogP contribution < -0.4 is 4.90 Å². The van der Waals surface area contributed by atoms with Gasteiger partial charge in [0.1, 0.15) is 0 Å². The van der Waals surface area contributed by atoms with Gasteiger partial charge >= 0.3 is 0 Å². The number of benzene rings is 2. The Morgan fingerprint density at radius 1 is 1.08 bits per heavy atom. The lowest BCUT2D eigenvalue weighted by molar-refractivity contribution is -0.120. The van der Waals surface area contributed by atoms with Crippen molar-refractivity contribution in [2.75, 3.05) is 37.7 Å². The van der Waals surface area contributed by atoms with Gasteiger partial charge < -0.3 is 4.74 Å². The lowest BCUT2D eigenvalue weighted by Gasteiger charge is -2.31. The summed E-state index contributed by atoms with van der Waals surface area (Å²) in [6.45, 7) is 3.33. The van der Waals surface area contributed by atoms with E-state index in [1.165, 1.54) is 0 Å². The van der Waals surface area contributed by atoms with Gasteiger partial charge in [-0.1, -0.05) is 30.3 Å². The Hall–Kier alpha value is -2.70. The molecular weight excluding hydrogens is 316 g/mol. The highest BCUT2D eigenvalue weighted by molar-refractivity contribution is 6.08. The fraction of sp³-hybridized carbons (Fsp3) is 0.263. The maximum atomic E-state index is 13.1. The van der Waals surface area contributed by atoms with Crippen molar-refractivity contribution in [3.05, 3.63) is 48.7 Å². The van der Waals surface area contributed by atoms with E-state index in [4.69, 9.17) is 4.74 Å². The molecule has 6 heteroatoms. The first-order chi connectivity index (χ1) is 12.3. The number of morpholine rings is 1. The largest absolute Gasteiger partial charge is 0.379 e. The number of aromatic nitrogens is 2. The van der Waals surface area contributed by atoms with Crippen LogP contribution in [0.4, 0.5) is 11.5 Å². The number of nitrogens with zero attached hydrogens (tertiary/aromatic N) is 4. The highest BCUT2D eigenvalue weighted by atomic mass is 16.5. The monoisotopic (exact) mass is 334 g/mol. The average Bonchev–Trinajstić information content (AvgIpc) is 3.06. The normalized spacial score (nSPS) is 16.9. The number of hydrogen-bond acceptors (Lipinski definition) is 4. The van der Waals surface area contributed by atoms with E-state index in [2.05, 4.69) is 28.2 Å². The molecule has 0 atom stereocenters. The number of amides is 1. The predicted molar refractivity (Wildman–Crippen MR) is 95.5 cm³/mol. The van der Waals surface area contributed by atoms with Crippen molar-refractivity contribution in [3.8, 4) is 5.69 Å². The third kappa shape index (κ3) is 2.33. The summed E-state index contributed by atoms with van der Waals surface area (Å²) < 4.78 is 7.24. The summed E-state index contributed by atoms with van der Waals surface area (Å²) >= 11 is 0. The van der Waals surface area contributed by atoms with Gasteiger partial charge in [-0.25, -0.2) is 4.68 Å². The summed E-state index contributed by atoms with van der Waals surface area (Å²) in [6, 6.07) is 14.2. The van der Waals surface area contributed by atoms with Crippen LogP contribution in [0.3, 0.4) is 0 Å². The number of hydrogen-bond donors (Lipinski definition) is 0. The molecule has 0 saturated carbocycles. The van der Waals surface area contributed by atoms with Gasteiger partial charge in [0.05, 0.1) is 31.1 Å². The molecule has 2 aromatic carbocycles. The molecule has 1 amide bonds. The van der Waals surface area contributed by atoms with Gasteiger partial charge in [-0.05, 0) is 11.5 Å². The molecular formula is C19H18N4O2. The second-order valence-electron chi connectivity index (χ2n) is 6.39. The van der Waals surface area contributed by atoms with Gasteiger partial charge in [-0.2, -0.15) is 0 Å². The van der Waals surface area contributed by atoms with Crippen molar-refractivity contribution in [1.29, 1.82) is 0 Å². The third-order valence-electron chi connectivity index (χ3n) is 4.87. The number of rotatable bonds is 2. The van der Waals surface area contributed by atoms with Crippen molar-refractivity contribution >= 4 is 28.2 Å². The molecule has 0 radical (unpaired) electrons. The number of ether oxygens (including phenoxy) is 1. The Labute approximate surface area is 145 Å². The zero-order valence-electron chi connectivity index (χ0n) is 13.8. The summed E-state index contributed by atoms with van der Waals surface area (Å²) in [5.74, 6) is 0.726. The summed E-state index contributed by atoms with van der Waals surface area (Å²) in [4.78, 5) is 16.9. The number of carbonyl (C=O) groups excluding carboxylic acids is 1. The molecule has 1 fully saturated rings. The molecule has 0 N–H and O–H groups in total. The molecule has 25 heavy (non-hydrogen) atoms. The van der Waals surface area contributed by atoms with Crippen molar-refractivity contribution < 1.29 is 9.53 Å². The second-order valence-corrected chi connectivity index (χ2v) is 6.39. The molecule has 2 aliphatic rings. The molecule has 1 aromatic heterocycles. The van der Waals surface area contributed by atoms with E-state index in [9.17, 15) is 4.79 Å². The fourth-order valence-electron chi connectivity index (χ4n) is 3.63. The molecule has 0 spiro atoms. The fourth-order valence-corrected chi connectivity index (χ4v) is 3.63. The molecule has 3 aromatic rings. The molecule has 0 aliphatic carbocycles. The molecule has 2 bridgehead atoms. The van der Waals surface area contributed by atoms with E-state index in [1.807, 2.05) is 35.1 Å². The third-order valence-corrected chi connectivity index (χ3v) is 4.87. The number of fused-ring (bicyclic) bond motifs is 6. The molecule has 2 aliphatic heterocycles. The van der Waals surface area contributed by atoms with Crippen LogP contribution in [-0.2, 0) is 9.53 Å². The lowest BCUT2D eigenvalue weighted by atomic mass is 10.1. The number of anilines is 2. The van der Waals surface area contributed by atoms with Crippen molar-refractivity contribution in [3.63, 3.8) is 0 Å². The van der Waals surface area contributed by atoms with Crippen molar-refractivity contribution in [2.24, 2.45) is 0 Å². The highest BCUT2D eigenvalue weighted by Gasteiger charge is 2.30. The first kappa shape index (κ1) is 14.6. The molecule has 126 valence electrons. The Kier molecular flexibility index (Phi) is 3.33. The first-order valence-electron chi connectivity index (χ1n) is 8.52. The maximum Gasteiger partial charge on any atom is 0.247 e. The van der Waals surface area contributed by atoms with E-state index in [-0.39, 0.29) is 5.91 Å². The van der Waals surface area contributed by atoms with Gasteiger partial charge in [0.2, 0.25) is 5.91 Å². The van der Waals surface area contributed by atoms with Gasteiger partial charge in [0, 0.05) is 30.7 Å². The lowest BCUT2D eigenvalue weighted by Crippen LogP contribution is -2.44. The van der Waals surface area contributed by atoms with Crippen molar-refractivity contribution in [2.45, 2.75) is 0 Å². The minimum atomic E-state index is 0.0448. The standard InChI is InChI=1S/C19H18N4O2/c24-18(13-21-9-11-25-12-10-21)23-16-6-5-14-3-1-2-4-15(14)19(16)22-8-7-17(23)20-22/h1-8H,9-13H2. The van der Waals surface area contributed by atoms with E-state index in [1.54, 1.807) is 4.90 Å². The van der Waals surface area contributed by atoms with Crippen LogP contribution in [-0.4, -0.2) is 53.4 Å². The average molecular weight is 334 g/mol. The Morgan fingerprint density at radius 3 is 2.80 bits per heavy atom. The summed E-state index contributed by atoms with van der Waals surface area (Å²) in [5.41, 5.74) is 1.86. The number of carbonyl (C=O) groups is 1. The summed E-state index contributed by atoms with van der Waals surface area (Å²) in [5, 5.41) is 6.82. The zero-order valence-corrected chi connectivity index (χ0v) is 13.8. The van der Waals surface area contributed by atoms with E-state index >= 15 is 0 Å². The maximum absolute atomic E-state index is 13.1.